The third kappa shape index (κ3) is 2.97. The summed E-state index contributed by atoms with van der Waals surface area (Å²) in [4.78, 5) is 14.9. The number of hydrogen-bond donors (Lipinski definition) is 0. The molecule has 20 heavy (non-hydrogen) atoms. The Morgan fingerprint density at radius 2 is 2.15 bits per heavy atom. The molecule has 0 N–H and O–H groups in total. The molecule has 112 valence electrons. The van der Waals surface area contributed by atoms with E-state index in [4.69, 9.17) is 4.74 Å². The quantitative estimate of drug-likeness (QED) is 0.784. The highest BCUT2D eigenvalue weighted by Crippen LogP contribution is 2.37. The molecule has 1 aromatic heterocycles. The predicted octanol–water partition coefficient (Wildman–Crippen LogP) is 4.00. The van der Waals surface area contributed by atoms with E-state index in [9.17, 15) is 9.18 Å². The van der Waals surface area contributed by atoms with E-state index >= 15 is 0 Å². The largest absolute Gasteiger partial charge is 0.444 e. The Labute approximate surface area is 123 Å². The molecule has 0 saturated carbocycles. The molecule has 5 heteroatoms. The van der Waals surface area contributed by atoms with E-state index in [-0.39, 0.29) is 11.9 Å². The summed E-state index contributed by atoms with van der Waals surface area (Å²) in [5, 5.41) is 1.56. The summed E-state index contributed by atoms with van der Waals surface area (Å²) in [6, 6.07) is 0. The number of ether oxygens (including phenoxy) is 1. The molecule has 1 heterocycles. The second kappa shape index (κ2) is 5.02. The molecule has 1 aliphatic rings. The van der Waals surface area contributed by atoms with Gasteiger partial charge in [-0.1, -0.05) is 0 Å². The number of rotatable bonds is 1. The van der Waals surface area contributed by atoms with Crippen molar-refractivity contribution < 1.29 is 13.9 Å². The number of likely N-dealkylation sites (N-methyl/N-ethyl adjacent to an activating group) is 1. The first-order valence-corrected chi connectivity index (χ1v) is 7.72. The lowest BCUT2D eigenvalue weighted by Gasteiger charge is -2.42. The van der Waals surface area contributed by atoms with Crippen molar-refractivity contribution in [2.45, 2.75) is 58.1 Å². The molecule has 0 bridgehead atoms. The number of fused-ring (bicyclic) bond motifs is 1. The number of nitrogens with zero attached hydrogens (tertiary/aromatic N) is 1. The Hall–Kier alpha value is -1.10. The molecular weight excluding hydrogens is 277 g/mol. The maximum atomic E-state index is 13.8. The van der Waals surface area contributed by atoms with Gasteiger partial charge < -0.3 is 9.64 Å². The third-order valence-corrected chi connectivity index (χ3v) is 4.91. The predicted molar refractivity (Wildman–Crippen MR) is 78.7 cm³/mol. The lowest BCUT2D eigenvalue weighted by atomic mass is 9.81. The van der Waals surface area contributed by atoms with Gasteiger partial charge >= 0.3 is 6.09 Å². The van der Waals surface area contributed by atoms with Gasteiger partial charge in [0, 0.05) is 28.4 Å². The van der Waals surface area contributed by atoms with Gasteiger partial charge in [0.2, 0.25) is 0 Å². The number of halogens is 1. The van der Waals surface area contributed by atoms with Crippen molar-refractivity contribution in [1.29, 1.82) is 0 Å². The van der Waals surface area contributed by atoms with Crippen molar-refractivity contribution in [1.82, 2.24) is 4.90 Å². The second-order valence-corrected chi connectivity index (χ2v) is 7.66. The van der Waals surface area contributed by atoms with Crippen molar-refractivity contribution in [2.24, 2.45) is 0 Å². The maximum Gasteiger partial charge on any atom is 0.410 e. The van der Waals surface area contributed by atoms with Gasteiger partial charge in [0.15, 0.2) is 0 Å². The second-order valence-electron chi connectivity index (χ2n) is 6.70. The van der Waals surface area contributed by atoms with Crippen LogP contribution in [0.25, 0.3) is 0 Å². The van der Waals surface area contributed by atoms with Gasteiger partial charge in [-0.25, -0.2) is 9.18 Å². The Balaban J connectivity index is 2.16. The first-order valence-electron chi connectivity index (χ1n) is 6.84. The smallest absolute Gasteiger partial charge is 0.410 e. The normalized spacial score (nSPS) is 22.3. The van der Waals surface area contributed by atoms with Gasteiger partial charge in [-0.2, -0.15) is 0 Å². The minimum absolute atomic E-state index is 0.145. The van der Waals surface area contributed by atoms with Crippen LogP contribution in [-0.4, -0.2) is 29.2 Å². The fourth-order valence-electron chi connectivity index (χ4n) is 2.48. The van der Waals surface area contributed by atoms with Crippen LogP contribution < -0.4 is 0 Å². The average molecular weight is 299 g/mol. The highest BCUT2D eigenvalue weighted by atomic mass is 32.1. The molecule has 1 aromatic rings. The van der Waals surface area contributed by atoms with Crippen molar-refractivity contribution >= 4 is 17.4 Å². The van der Waals surface area contributed by atoms with Gasteiger partial charge in [-0.05, 0) is 47.0 Å². The zero-order chi connectivity index (χ0) is 15.1. The zero-order valence-corrected chi connectivity index (χ0v) is 13.6. The van der Waals surface area contributed by atoms with E-state index < -0.39 is 11.1 Å². The lowest BCUT2D eigenvalue weighted by molar-refractivity contribution is 0.00544. The van der Waals surface area contributed by atoms with Gasteiger partial charge in [0.25, 0.3) is 0 Å². The molecule has 1 amide bonds. The highest BCUT2D eigenvalue weighted by molar-refractivity contribution is 7.10. The topological polar surface area (TPSA) is 29.5 Å². The van der Waals surface area contributed by atoms with Crippen LogP contribution in [-0.2, 0) is 17.6 Å². The van der Waals surface area contributed by atoms with Crippen LogP contribution in [0.1, 0.15) is 44.6 Å². The fraction of sp³-hybridized carbons (Fsp3) is 0.667. The summed E-state index contributed by atoms with van der Waals surface area (Å²) in [6.45, 7) is 7.53. The van der Waals surface area contributed by atoms with Crippen LogP contribution in [0.2, 0.25) is 0 Å². The van der Waals surface area contributed by atoms with Gasteiger partial charge in [-0.3, -0.25) is 0 Å². The van der Waals surface area contributed by atoms with Gasteiger partial charge in [-0.15, -0.1) is 11.3 Å². The molecule has 1 atom stereocenters. The Morgan fingerprint density at radius 3 is 2.75 bits per heavy atom. The van der Waals surface area contributed by atoms with Crippen LogP contribution in [0.15, 0.2) is 5.38 Å². The molecule has 0 fully saturated rings. The van der Waals surface area contributed by atoms with E-state index in [0.29, 0.717) is 6.42 Å². The first-order chi connectivity index (χ1) is 9.12. The summed E-state index contributed by atoms with van der Waals surface area (Å²) in [7, 11) is 1.74. The van der Waals surface area contributed by atoms with E-state index in [2.05, 4.69) is 0 Å². The third-order valence-electron chi connectivity index (χ3n) is 3.85. The van der Waals surface area contributed by atoms with Crippen LogP contribution in [0.4, 0.5) is 9.18 Å². The standard InChI is InChI=1S/C15H22FNO2S/c1-14(2,3)19-13(18)17(5)15(4)7-6-12-10(8-15)11(16)9-20-12/h9H,6-8H2,1-5H3. The summed E-state index contributed by atoms with van der Waals surface area (Å²) in [5.41, 5.74) is -0.147. The van der Waals surface area contributed by atoms with Crippen molar-refractivity contribution in [3.63, 3.8) is 0 Å². The maximum absolute atomic E-state index is 13.8. The monoisotopic (exact) mass is 299 g/mol. The number of thiophene rings is 1. The number of carbonyl (C=O) groups excluding carboxylic acids is 1. The molecule has 0 spiro atoms. The number of aryl methyl sites for hydroxylation is 1. The average Bonchev–Trinajstić information content (AvgIpc) is 2.67. The molecule has 0 aliphatic heterocycles. The molecule has 1 unspecified atom stereocenters. The Bertz CT molecular complexity index is 520. The van der Waals surface area contributed by atoms with E-state index in [1.807, 2.05) is 27.7 Å². The molecule has 1 aliphatic carbocycles. The first kappa shape index (κ1) is 15.3. The molecule has 0 radical (unpaired) electrons. The fourth-order valence-corrected chi connectivity index (χ4v) is 3.40. The minimum Gasteiger partial charge on any atom is -0.444 e. The Morgan fingerprint density at radius 1 is 1.50 bits per heavy atom. The molecule has 0 aromatic carbocycles. The van der Waals surface area contributed by atoms with Crippen LogP contribution in [0.3, 0.4) is 0 Å². The number of carbonyl (C=O) groups is 1. The number of amides is 1. The summed E-state index contributed by atoms with van der Waals surface area (Å²) < 4.78 is 19.2. The summed E-state index contributed by atoms with van der Waals surface area (Å²) >= 11 is 1.47. The van der Waals surface area contributed by atoms with E-state index in [0.717, 1.165) is 23.3 Å². The molecule has 3 nitrogen and oxygen atoms in total. The SMILES string of the molecule is CN(C(=O)OC(C)(C)C)C1(C)CCc2scc(F)c2C1. The lowest BCUT2D eigenvalue weighted by Crippen LogP contribution is -2.52. The van der Waals surface area contributed by atoms with Gasteiger partial charge in [0.1, 0.15) is 11.4 Å². The zero-order valence-electron chi connectivity index (χ0n) is 12.7. The summed E-state index contributed by atoms with van der Waals surface area (Å²) in [5.74, 6) is -0.145. The molecule has 2 rings (SSSR count). The van der Waals surface area contributed by atoms with Crippen LogP contribution in [0, 0.1) is 5.82 Å². The van der Waals surface area contributed by atoms with Crippen LogP contribution in [0.5, 0.6) is 0 Å². The van der Waals surface area contributed by atoms with E-state index in [1.165, 1.54) is 11.3 Å². The van der Waals surface area contributed by atoms with Crippen molar-refractivity contribution in [3.05, 3.63) is 21.6 Å². The molecular formula is C15H22FNO2S. The van der Waals surface area contributed by atoms with Crippen LogP contribution >= 0.6 is 11.3 Å². The van der Waals surface area contributed by atoms with Crippen molar-refractivity contribution in [3.8, 4) is 0 Å². The van der Waals surface area contributed by atoms with E-state index in [1.54, 1.807) is 17.3 Å². The number of hydrogen-bond acceptors (Lipinski definition) is 3. The Kier molecular flexibility index (Phi) is 3.84. The minimum atomic E-state index is -0.519. The molecule has 0 saturated heterocycles. The van der Waals surface area contributed by atoms with Crippen molar-refractivity contribution in [2.75, 3.05) is 7.05 Å². The highest BCUT2D eigenvalue weighted by Gasteiger charge is 2.39. The summed E-state index contributed by atoms with van der Waals surface area (Å²) in [6.07, 6.45) is 1.84. The van der Waals surface area contributed by atoms with Gasteiger partial charge in [0.05, 0.1) is 0 Å².